The van der Waals surface area contributed by atoms with Gasteiger partial charge in [0.1, 0.15) is 12.6 Å². The summed E-state index contributed by atoms with van der Waals surface area (Å²) in [6.45, 7) is 0.452. The molecule has 1 aromatic carbocycles. The molecule has 0 aliphatic carbocycles. The molecular weight excluding hydrogens is 415 g/mol. The molecule has 0 aliphatic rings. The molecule has 0 spiro atoms. The number of halogens is 1. The lowest BCUT2D eigenvalue weighted by molar-refractivity contribution is -0.141. The van der Waals surface area contributed by atoms with Gasteiger partial charge in [0.15, 0.2) is 0 Å². The quantitative estimate of drug-likeness (QED) is 0.312. The van der Waals surface area contributed by atoms with E-state index in [-0.39, 0.29) is 29.9 Å². The van der Waals surface area contributed by atoms with Crippen LogP contribution in [0.1, 0.15) is 18.4 Å². The third-order valence-electron chi connectivity index (χ3n) is 2.91. The number of aliphatic carboxylic acids is 1. The molecule has 0 heterocycles. The highest BCUT2D eigenvalue weighted by Crippen LogP contribution is 2.01. The molecule has 7 nitrogen and oxygen atoms in total. The van der Waals surface area contributed by atoms with Gasteiger partial charge in [-0.1, -0.05) is 52.9 Å². The number of carbonyl (C=O) groups is 3. The summed E-state index contributed by atoms with van der Waals surface area (Å²) >= 11 is 1.86. The minimum absolute atomic E-state index is 0.177. The van der Waals surface area contributed by atoms with Gasteiger partial charge >= 0.3 is 12.1 Å². The number of hydrogen-bond acceptors (Lipinski definition) is 4. The van der Waals surface area contributed by atoms with E-state index in [4.69, 9.17) is 9.84 Å². The monoisotopic (exact) mass is 434 g/mol. The Morgan fingerprint density at radius 2 is 1.91 bits per heavy atom. The number of amides is 2. The Kier molecular flexibility index (Phi) is 9.03. The molecule has 0 radical (unpaired) electrons. The number of nitrogens with one attached hydrogen (secondary N) is 2. The molecule has 23 heavy (non-hydrogen) atoms. The first-order valence-corrected chi connectivity index (χ1v) is 8.58. The zero-order valence-electron chi connectivity index (χ0n) is 12.5. The molecule has 1 rings (SSSR count). The molecule has 8 heteroatoms. The Balaban J connectivity index is 2.20. The van der Waals surface area contributed by atoms with Crippen LogP contribution in [0.4, 0.5) is 4.79 Å². The molecule has 0 bridgehead atoms. The van der Waals surface area contributed by atoms with Gasteiger partial charge in [-0.25, -0.2) is 9.59 Å². The number of ether oxygens (including phenoxy) is 1. The number of alkyl carbamates (subject to hydrolysis) is 1. The number of carboxylic acids is 1. The molecule has 126 valence electrons. The van der Waals surface area contributed by atoms with Crippen LogP contribution in [0.2, 0.25) is 0 Å². The van der Waals surface area contributed by atoms with Crippen LogP contribution < -0.4 is 10.6 Å². The van der Waals surface area contributed by atoms with Crippen LogP contribution in [-0.2, 0) is 20.9 Å². The van der Waals surface area contributed by atoms with E-state index in [1.165, 1.54) is 0 Å². The van der Waals surface area contributed by atoms with Crippen molar-refractivity contribution in [2.24, 2.45) is 0 Å². The van der Waals surface area contributed by atoms with Gasteiger partial charge < -0.3 is 20.5 Å². The van der Waals surface area contributed by atoms with Crippen LogP contribution in [0.5, 0.6) is 0 Å². The topological polar surface area (TPSA) is 105 Å². The Morgan fingerprint density at radius 3 is 2.52 bits per heavy atom. The van der Waals surface area contributed by atoms with Crippen LogP contribution in [0.15, 0.2) is 30.3 Å². The normalized spacial score (nSPS) is 11.3. The maximum atomic E-state index is 11.5. The van der Waals surface area contributed by atoms with Crippen molar-refractivity contribution in [3.63, 3.8) is 0 Å². The fourth-order valence-electron chi connectivity index (χ4n) is 1.76. The van der Waals surface area contributed by atoms with Gasteiger partial charge in [0.05, 0.1) is 4.43 Å². The van der Waals surface area contributed by atoms with Crippen LogP contribution in [0.25, 0.3) is 0 Å². The summed E-state index contributed by atoms with van der Waals surface area (Å²) in [5.41, 5.74) is 0.884. The summed E-state index contributed by atoms with van der Waals surface area (Å²) in [6.07, 6.45) is 0.0901. The van der Waals surface area contributed by atoms with E-state index in [9.17, 15) is 14.4 Å². The molecule has 0 fully saturated rings. The third-order valence-corrected chi connectivity index (χ3v) is 3.60. The second-order valence-corrected chi connectivity index (χ2v) is 5.49. The number of hydrogen-bond donors (Lipinski definition) is 3. The summed E-state index contributed by atoms with van der Waals surface area (Å²) in [4.78, 5) is 33.7. The number of carbonyl (C=O) groups excluding carboxylic acids is 2. The van der Waals surface area contributed by atoms with E-state index in [1.54, 1.807) is 0 Å². The molecule has 0 saturated carbocycles. The standard InChI is InChI=1S/C15H19IN2O5/c16-9-13(19)18-12(14(20)21)7-4-8-17-15(22)23-10-11-5-2-1-3-6-11/h1-3,5-6,12H,4,7-10H2,(H,17,22)(H,18,19)(H,20,21). The number of carboxylic acid groups (broad SMARTS) is 1. The molecule has 1 unspecified atom stereocenters. The van der Waals surface area contributed by atoms with E-state index in [2.05, 4.69) is 10.6 Å². The van der Waals surface area contributed by atoms with Crippen LogP contribution in [0, 0.1) is 0 Å². The molecule has 1 atom stereocenters. The predicted molar refractivity (Wildman–Crippen MR) is 92.3 cm³/mol. The molecule has 0 saturated heterocycles. The fourth-order valence-corrected chi connectivity index (χ4v) is 1.98. The fraction of sp³-hybridized carbons (Fsp3) is 0.400. The lowest BCUT2D eigenvalue weighted by Gasteiger charge is -2.13. The van der Waals surface area contributed by atoms with E-state index >= 15 is 0 Å². The smallest absolute Gasteiger partial charge is 0.407 e. The van der Waals surface area contributed by atoms with Gasteiger partial charge in [-0.05, 0) is 18.4 Å². The Bertz CT molecular complexity index is 524. The van der Waals surface area contributed by atoms with E-state index in [0.717, 1.165) is 5.56 Å². The minimum atomic E-state index is -1.09. The van der Waals surface area contributed by atoms with Gasteiger partial charge in [0.2, 0.25) is 5.91 Å². The highest BCUT2D eigenvalue weighted by atomic mass is 127. The van der Waals surface area contributed by atoms with Gasteiger partial charge in [-0.15, -0.1) is 0 Å². The zero-order valence-corrected chi connectivity index (χ0v) is 14.6. The summed E-state index contributed by atoms with van der Waals surface area (Å²) in [6, 6.07) is 8.33. The van der Waals surface area contributed by atoms with Crippen molar-refractivity contribution in [3.8, 4) is 0 Å². The maximum Gasteiger partial charge on any atom is 0.407 e. The largest absolute Gasteiger partial charge is 0.480 e. The van der Waals surface area contributed by atoms with Crippen LogP contribution in [0.3, 0.4) is 0 Å². The van der Waals surface area contributed by atoms with Crippen molar-refractivity contribution in [2.45, 2.75) is 25.5 Å². The average molecular weight is 434 g/mol. The number of rotatable bonds is 9. The molecule has 2 amide bonds. The molecule has 0 aromatic heterocycles. The SMILES string of the molecule is O=C(CI)NC(CCCNC(=O)OCc1ccccc1)C(=O)O. The maximum absolute atomic E-state index is 11.5. The van der Waals surface area contributed by atoms with Gasteiger partial charge in [-0.2, -0.15) is 0 Å². The van der Waals surface area contributed by atoms with E-state index in [0.29, 0.717) is 6.42 Å². The lowest BCUT2D eigenvalue weighted by Crippen LogP contribution is -2.41. The van der Waals surface area contributed by atoms with Crippen molar-refractivity contribution < 1.29 is 24.2 Å². The minimum Gasteiger partial charge on any atom is -0.480 e. The first-order valence-electron chi connectivity index (χ1n) is 7.05. The summed E-state index contributed by atoms with van der Waals surface area (Å²) in [5, 5.41) is 14.0. The van der Waals surface area contributed by atoms with E-state index < -0.39 is 18.1 Å². The van der Waals surface area contributed by atoms with E-state index in [1.807, 2.05) is 52.9 Å². The Morgan fingerprint density at radius 1 is 1.22 bits per heavy atom. The highest BCUT2D eigenvalue weighted by molar-refractivity contribution is 14.1. The number of alkyl halides is 1. The van der Waals surface area contributed by atoms with Crippen molar-refractivity contribution in [2.75, 3.05) is 11.0 Å². The second kappa shape index (κ2) is 10.8. The van der Waals surface area contributed by atoms with Gasteiger partial charge in [-0.3, -0.25) is 4.79 Å². The Labute approximate surface area is 147 Å². The van der Waals surface area contributed by atoms with Crippen molar-refractivity contribution in [1.29, 1.82) is 0 Å². The molecule has 3 N–H and O–H groups in total. The Hall–Kier alpha value is -1.84. The van der Waals surface area contributed by atoms with Crippen molar-refractivity contribution >= 4 is 40.6 Å². The third kappa shape index (κ3) is 8.38. The predicted octanol–water partition coefficient (Wildman–Crippen LogP) is 1.70. The van der Waals surface area contributed by atoms with Crippen LogP contribution in [-0.4, -0.2) is 40.1 Å². The molecular formula is C15H19IN2O5. The molecule has 1 aromatic rings. The van der Waals surface area contributed by atoms with Gasteiger partial charge in [0, 0.05) is 6.54 Å². The summed E-state index contributed by atoms with van der Waals surface area (Å²) in [7, 11) is 0. The lowest BCUT2D eigenvalue weighted by atomic mass is 10.1. The zero-order chi connectivity index (χ0) is 17.1. The first-order chi connectivity index (χ1) is 11.0. The second-order valence-electron chi connectivity index (χ2n) is 4.72. The van der Waals surface area contributed by atoms with Gasteiger partial charge in [0.25, 0.3) is 0 Å². The van der Waals surface area contributed by atoms with Crippen molar-refractivity contribution in [1.82, 2.24) is 10.6 Å². The average Bonchev–Trinajstić information content (AvgIpc) is 2.56. The summed E-state index contributed by atoms with van der Waals surface area (Å²) < 4.78 is 5.23. The summed E-state index contributed by atoms with van der Waals surface area (Å²) in [5.74, 6) is -1.41. The number of benzene rings is 1. The van der Waals surface area contributed by atoms with Crippen LogP contribution >= 0.6 is 22.6 Å². The first kappa shape index (κ1) is 19.2. The molecule has 0 aliphatic heterocycles. The highest BCUT2D eigenvalue weighted by Gasteiger charge is 2.18. The van der Waals surface area contributed by atoms with Crippen molar-refractivity contribution in [3.05, 3.63) is 35.9 Å².